The lowest BCUT2D eigenvalue weighted by Crippen LogP contribution is -1.96. The predicted molar refractivity (Wildman–Crippen MR) is 67.3 cm³/mol. The van der Waals surface area contributed by atoms with Crippen LogP contribution in [-0.2, 0) is 6.54 Å². The van der Waals surface area contributed by atoms with E-state index < -0.39 is 0 Å². The number of rotatable bonds is 1. The minimum Gasteiger partial charge on any atom is -0.328 e. The summed E-state index contributed by atoms with van der Waals surface area (Å²) in [4.78, 5) is 4.56. The van der Waals surface area contributed by atoms with Crippen molar-refractivity contribution < 1.29 is 0 Å². The van der Waals surface area contributed by atoms with E-state index in [1.165, 1.54) is 16.3 Å². The molecule has 0 unspecified atom stereocenters. The number of hydrogen-bond acceptors (Lipinski definition) is 1. The quantitative estimate of drug-likeness (QED) is 0.601. The molecule has 3 aromatic rings. The van der Waals surface area contributed by atoms with E-state index in [9.17, 15) is 0 Å². The molecule has 0 bridgehead atoms. The number of hydrogen-bond donors (Lipinski definition) is 0. The summed E-state index contributed by atoms with van der Waals surface area (Å²) in [5.41, 5.74) is 2.26. The number of aryl methyl sites for hydroxylation is 1. The molecule has 3 rings (SSSR count). The van der Waals surface area contributed by atoms with Crippen LogP contribution >= 0.6 is 0 Å². The van der Waals surface area contributed by atoms with E-state index in [-0.39, 0.29) is 0 Å². The second-order valence-corrected chi connectivity index (χ2v) is 3.97. The minimum atomic E-state index is 0.719. The van der Waals surface area contributed by atoms with Crippen LogP contribution in [0.4, 0.5) is 0 Å². The monoisotopic (exact) mass is 209 g/mol. The molecule has 0 aliphatic carbocycles. The second-order valence-electron chi connectivity index (χ2n) is 3.97. The van der Waals surface area contributed by atoms with Gasteiger partial charge in [-0.25, -0.2) is 4.98 Å². The molecule has 0 fully saturated rings. The average molecular weight is 209 g/mol. The van der Waals surface area contributed by atoms with E-state index in [0.29, 0.717) is 0 Å². The zero-order valence-corrected chi connectivity index (χ0v) is 9.27. The van der Waals surface area contributed by atoms with Gasteiger partial charge < -0.3 is 4.57 Å². The molecule has 0 atom stereocenters. The number of fused-ring (bicyclic) bond motifs is 3. The molecule has 0 amide bonds. The summed E-state index contributed by atoms with van der Waals surface area (Å²) in [6.07, 6.45) is 0. The van der Waals surface area contributed by atoms with Gasteiger partial charge in [-0.2, -0.15) is 0 Å². The van der Waals surface area contributed by atoms with Crippen molar-refractivity contribution in [3.63, 3.8) is 0 Å². The lowest BCUT2D eigenvalue weighted by molar-refractivity contribution is 0.806. The normalized spacial score (nSPS) is 11.4. The van der Waals surface area contributed by atoms with Gasteiger partial charge in [-0.05, 0) is 25.3 Å². The first-order chi connectivity index (χ1) is 7.81. The molecule has 16 heavy (non-hydrogen) atoms. The molecule has 2 nitrogen and oxygen atoms in total. The summed E-state index contributed by atoms with van der Waals surface area (Å²) in [7, 11) is 0. The lowest BCUT2D eigenvalue weighted by Gasteiger charge is -2.05. The Hall–Kier alpha value is -1.83. The first-order valence-corrected chi connectivity index (χ1v) is 5.45. The first-order valence-electron chi connectivity index (χ1n) is 5.45. The summed E-state index contributed by atoms with van der Waals surface area (Å²) >= 11 is 0. The van der Waals surface area contributed by atoms with E-state index in [1.54, 1.807) is 0 Å². The predicted octanol–water partition coefficient (Wildman–Crippen LogP) is 3.33. The summed E-state index contributed by atoms with van der Waals surface area (Å²) in [5.74, 6) is 1.03. The maximum absolute atomic E-state index is 4.56. The Balaban J connectivity index is 2.57. The Kier molecular flexibility index (Phi) is 1.96. The van der Waals surface area contributed by atoms with Gasteiger partial charge in [0, 0.05) is 11.9 Å². The highest BCUT2D eigenvalue weighted by Gasteiger charge is 2.08. The molecule has 0 aliphatic rings. The van der Waals surface area contributed by atoms with Crippen molar-refractivity contribution in [1.29, 1.82) is 0 Å². The number of imidazole rings is 1. The Bertz CT molecular complexity index is 665. The van der Waals surface area contributed by atoms with Gasteiger partial charge in [0.2, 0.25) is 0 Å². The first kappa shape index (κ1) is 9.40. The van der Waals surface area contributed by atoms with Crippen LogP contribution in [0.1, 0.15) is 5.82 Å². The molecule has 0 spiro atoms. The lowest BCUT2D eigenvalue weighted by atomic mass is 10.1. The van der Waals surface area contributed by atoms with E-state index in [1.807, 2.05) is 6.92 Å². The highest BCUT2D eigenvalue weighted by molar-refractivity contribution is 6.04. The SMILES string of the molecule is [CH2]Cn1c(C)nc2ccc3ccccc3c21. The third-order valence-corrected chi connectivity index (χ3v) is 3.05. The van der Waals surface area contributed by atoms with Gasteiger partial charge in [0.05, 0.1) is 11.0 Å². The second kappa shape index (κ2) is 3.34. The topological polar surface area (TPSA) is 17.8 Å². The van der Waals surface area contributed by atoms with E-state index in [4.69, 9.17) is 0 Å². The van der Waals surface area contributed by atoms with Gasteiger partial charge in [-0.3, -0.25) is 0 Å². The van der Waals surface area contributed by atoms with Crippen molar-refractivity contribution >= 4 is 21.8 Å². The zero-order chi connectivity index (χ0) is 11.1. The summed E-state index contributed by atoms with van der Waals surface area (Å²) < 4.78 is 2.16. The molecule has 0 saturated carbocycles. The highest BCUT2D eigenvalue weighted by atomic mass is 15.1. The maximum Gasteiger partial charge on any atom is 0.106 e. The molecular formula is C14H13N2. The van der Waals surface area contributed by atoms with Gasteiger partial charge in [-0.15, -0.1) is 0 Å². The number of benzene rings is 2. The van der Waals surface area contributed by atoms with E-state index in [0.717, 1.165) is 17.9 Å². The smallest absolute Gasteiger partial charge is 0.106 e. The Morgan fingerprint density at radius 2 is 2.00 bits per heavy atom. The van der Waals surface area contributed by atoms with Crippen LogP contribution in [0.2, 0.25) is 0 Å². The highest BCUT2D eigenvalue weighted by Crippen LogP contribution is 2.25. The molecule has 79 valence electrons. The average Bonchev–Trinajstić information content (AvgIpc) is 2.65. The Morgan fingerprint density at radius 3 is 2.81 bits per heavy atom. The van der Waals surface area contributed by atoms with Crippen LogP contribution in [0.25, 0.3) is 21.8 Å². The molecule has 1 heterocycles. The molecule has 0 aliphatic heterocycles. The van der Waals surface area contributed by atoms with Crippen LogP contribution in [0.5, 0.6) is 0 Å². The van der Waals surface area contributed by atoms with Crippen LogP contribution in [0.15, 0.2) is 36.4 Å². The Morgan fingerprint density at radius 1 is 1.19 bits per heavy atom. The van der Waals surface area contributed by atoms with Crippen LogP contribution in [0, 0.1) is 13.8 Å². The van der Waals surface area contributed by atoms with Gasteiger partial charge in [0.15, 0.2) is 0 Å². The largest absolute Gasteiger partial charge is 0.328 e. The number of aromatic nitrogens is 2. The van der Waals surface area contributed by atoms with Crippen molar-refractivity contribution in [2.75, 3.05) is 0 Å². The van der Waals surface area contributed by atoms with E-state index in [2.05, 4.69) is 52.9 Å². The Labute approximate surface area is 94.5 Å². The van der Waals surface area contributed by atoms with Crippen LogP contribution in [-0.4, -0.2) is 9.55 Å². The van der Waals surface area contributed by atoms with Crippen molar-refractivity contribution in [2.24, 2.45) is 0 Å². The summed E-state index contributed by atoms with van der Waals surface area (Å²) in [5, 5.41) is 2.51. The molecule has 1 radical (unpaired) electrons. The summed E-state index contributed by atoms with van der Waals surface area (Å²) in [6.45, 7) is 6.72. The standard InChI is InChI=1S/C14H13N2/c1-3-16-10(2)15-13-9-8-11-6-4-5-7-12(11)14(13)16/h4-9H,1,3H2,2H3. The van der Waals surface area contributed by atoms with Crippen molar-refractivity contribution in [2.45, 2.75) is 13.5 Å². The fourth-order valence-corrected chi connectivity index (χ4v) is 2.29. The minimum absolute atomic E-state index is 0.719. The zero-order valence-electron chi connectivity index (χ0n) is 9.27. The van der Waals surface area contributed by atoms with Crippen molar-refractivity contribution in [3.8, 4) is 0 Å². The molecule has 0 N–H and O–H groups in total. The molecule has 2 heteroatoms. The molecule has 0 saturated heterocycles. The molecule has 2 aromatic carbocycles. The van der Waals surface area contributed by atoms with Gasteiger partial charge >= 0.3 is 0 Å². The fraction of sp³-hybridized carbons (Fsp3) is 0.143. The molecule has 1 aromatic heterocycles. The van der Waals surface area contributed by atoms with Gasteiger partial charge in [-0.1, -0.05) is 30.3 Å². The van der Waals surface area contributed by atoms with Gasteiger partial charge in [0.25, 0.3) is 0 Å². The fourth-order valence-electron chi connectivity index (χ4n) is 2.29. The van der Waals surface area contributed by atoms with Crippen LogP contribution < -0.4 is 0 Å². The van der Waals surface area contributed by atoms with Crippen molar-refractivity contribution in [1.82, 2.24) is 9.55 Å². The van der Waals surface area contributed by atoms with Crippen LogP contribution in [0.3, 0.4) is 0 Å². The van der Waals surface area contributed by atoms with Gasteiger partial charge in [0.1, 0.15) is 5.82 Å². The van der Waals surface area contributed by atoms with Crippen molar-refractivity contribution in [3.05, 3.63) is 49.1 Å². The summed E-state index contributed by atoms with van der Waals surface area (Å²) in [6, 6.07) is 12.6. The molecular weight excluding hydrogens is 196 g/mol. The maximum atomic E-state index is 4.56. The third kappa shape index (κ3) is 1.16. The van der Waals surface area contributed by atoms with E-state index >= 15 is 0 Å². The third-order valence-electron chi connectivity index (χ3n) is 3.05. The number of nitrogens with zero attached hydrogens (tertiary/aromatic N) is 2.